The molecule has 3 aromatic carbocycles. The van der Waals surface area contributed by atoms with E-state index < -0.39 is 0 Å². The maximum absolute atomic E-state index is 12.5. The van der Waals surface area contributed by atoms with E-state index in [4.69, 9.17) is 16.0 Å². The number of fused-ring (bicyclic) bond motifs is 1. The summed E-state index contributed by atoms with van der Waals surface area (Å²) in [5.41, 5.74) is 4.65. The normalized spacial score (nSPS) is 11.1. The van der Waals surface area contributed by atoms with Crippen molar-refractivity contribution in [3.05, 3.63) is 82.9 Å². The summed E-state index contributed by atoms with van der Waals surface area (Å²) in [6.45, 7) is 4.29. The number of carbonyl (C=O) groups excluding carboxylic acids is 1. The molecule has 5 heteroatoms. The highest BCUT2D eigenvalue weighted by molar-refractivity contribution is 6.34. The van der Waals surface area contributed by atoms with Gasteiger partial charge in [0.25, 0.3) is 5.91 Å². The molecule has 0 radical (unpaired) electrons. The Morgan fingerprint density at radius 1 is 1.04 bits per heavy atom. The van der Waals surface area contributed by atoms with Crippen molar-refractivity contribution in [3.63, 3.8) is 0 Å². The molecule has 28 heavy (non-hydrogen) atoms. The molecule has 0 aliphatic carbocycles. The number of halogens is 1. The van der Waals surface area contributed by atoms with Gasteiger partial charge < -0.3 is 9.73 Å². The maximum Gasteiger partial charge on any atom is 0.257 e. The highest BCUT2D eigenvalue weighted by Crippen LogP contribution is 2.28. The topological polar surface area (TPSA) is 55.1 Å². The van der Waals surface area contributed by atoms with E-state index in [2.05, 4.69) is 36.3 Å². The number of anilines is 1. The van der Waals surface area contributed by atoms with Gasteiger partial charge in [-0.15, -0.1) is 0 Å². The van der Waals surface area contributed by atoms with Gasteiger partial charge in [0.15, 0.2) is 5.58 Å². The molecule has 140 valence electrons. The smallest absolute Gasteiger partial charge is 0.257 e. The van der Waals surface area contributed by atoms with Gasteiger partial charge in [0.05, 0.1) is 10.6 Å². The minimum atomic E-state index is -0.262. The van der Waals surface area contributed by atoms with Crippen molar-refractivity contribution in [1.82, 2.24) is 4.98 Å². The molecule has 1 amide bonds. The van der Waals surface area contributed by atoms with Crippen LogP contribution in [0.25, 0.3) is 22.6 Å². The van der Waals surface area contributed by atoms with Gasteiger partial charge in [-0.1, -0.05) is 49.7 Å². The van der Waals surface area contributed by atoms with Crippen LogP contribution >= 0.6 is 11.6 Å². The van der Waals surface area contributed by atoms with E-state index >= 15 is 0 Å². The molecular weight excluding hydrogens is 372 g/mol. The fraction of sp³-hybridized carbons (Fsp3) is 0.130. The van der Waals surface area contributed by atoms with Crippen molar-refractivity contribution in [2.24, 2.45) is 0 Å². The third-order valence-corrected chi connectivity index (χ3v) is 4.89. The molecule has 0 fully saturated rings. The van der Waals surface area contributed by atoms with Crippen LogP contribution in [0, 0.1) is 0 Å². The Balaban J connectivity index is 1.63. The molecular formula is C23H19ClN2O2. The first-order chi connectivity index (χ1) is 13.5. The molecule has 4 rings (SSSR count). The average Bonchev–Trinajstić information content (AvgIpc) is 3.12. The molecule has 0 aliphatic rings. The van der Waals surface area contributed by atoms with Crippen LogP contribution in [0.15, 0.2) is 71.1 Å². The zero-order valence-corrected chi connectivity index (χ0v) is 16.3. The second-order valence-corrected chi connectivity index (χ2v) is 7.32. The number of aromatic nitrogens is 1. The molecule has 1 heterocycles. The summed E-state index contributed by atoms with van der Waals surface area (Å²) >= 11 is 6.11. The van der Waals surface area contributed by atoms with Crippen LogP contribution in [0.5, 0.6) is 0 Å². The van der Waals surface area contributed by atoms with Gasteiger partial charge in [-0.25, -0.2) is 4.98 Å². The van der Waals surface area contributed by atoms with Crippen LogP contribution in [-0.4, -0.2) is 10.9 Å². The number of nitrogens with zero attached hydrogens (tertiary/aromatic N) is 1. The quantitative estimate of drug-likeness (QED) is 0.431. The van der Waals surface area contributed by atoms with E-state index in [9.17, 15) is 4.79 Å². The van der Waals surface area contributed by atoms with Crippen LogP contribution in [0.4, 0.5) is 5.69 Å². The highest BCUT2D eigenvalue weighted by Gasteiger charge is 2.13. The molecule has 0 aliphatic heterocycles. The largest absolute Gasteiger partial charge is 0.436 e. The lowest BCUT2D eigenvalue weighted by atomic mass is 10.0. The summed E-state index contributed by atoms with van der Waals surface area (Å²) in [5, 5.41) is 3.29. The Morgan fingerprint density at radius 3 is 2.64 bits per heavy atom. The summed E-state index contributed by atoms with van der Waals surface area (Å²) in [6.07, 6.45) is 0. The SMILES string of the molecule is CC(C)c1ccc2oc(-c3cccc(NC(=O)c4ccccc4Cl)c3)nc2c1. The van der Waals surface area contributed by atoms with Crippen molar-refractivity contribution >= 4 is 34.3 Å². The number of carbonyl (C=O) groups is 1. The Labute approximate surface area is 168 Å². The number of amides is 1. The Morgan fingerprint density at radius 2 is 1.86 bits per heavy atom. The summed E-state index contributed by atoms with van der Waals surface area (Å²) in [5.74, 6) is 0.680. The molecule has 1 N–H and O–H groups in total. The summed E-state index contributed by atoms with van der Waals surface area (Å²) in [4.78, 5) is 17.1. The van der Waals surface area contributed by atoms with Crippen LogP contribution < -0.4 is 5.32 Å². The third-order valence-electron chi connectivity index (χ3n) is 4.56. The summed E-state index contributed by atoms with van der Waals surface area (Å²) in [7, 11) is 0. The molecule has 1 aromatic heterocycles. The van der Waals surface area contributed by atoms with Crippen LogP contribution in [0.3, 0.4) is 0 Å². The van der Waals surface area contributed by atoms with Crippen molar-refractivity contribution in [2.45, 2.75) is 19.8 Å². The molecule has 4 nitrogen and oxygen atoms in total. The second-order valence-electron chi connectivity index (χ2n) is 6.92. The van der Waals surface area contributed by atoms with Crippen molar-refractivity contribution in [2.75, 3.05) is 5.32 Å². The Hall–Kier alpha value is -3.11. The molecule has 0 saturated heterocycles. The van der Waals surface area contributed by atoms with Gasteiger partial charge in [0.1, 0.15) is 5.52 Å². The van der Waals surface area contributed by atoms with Crippen molar-refractivity contribution in [1.29, 1.82) is 0 Å². The predicted octanol–water partition coefficient (Wildman–Crippen LogP) is 6.52. The van der Waals surface area contributed by atoms with E-state index in [1.165, 1.54) is 5.56 Å². The number of benzene rings is 3. The van der Waals surface area contributed by atoms with Gasteiger partial charge in [-0.05, 0) is 53.9 Å². The molecule has 0 bridgehead atoms. The second kappa shape index (κ2) is 7.49. The van der Waals surface area contributed by atoms with E-state index in [-0.39, 0.29) is 5.91 Å². The first-order valence-corrected chi connectivity index (χ1v) is 9.46. The van der Waals surface area contributed by atoms with Gasteiger partial charge in [-0.3, -0.25) is 4.79 Å². The zero-order chi connectivity index (χ0) is 19.7. The van der Waals surface area contributed by atoms with Crippen LogP contribution in [-0.2, 0) is 0 Å². The molecule has 0 atom stereocenters. The Kier molecular flexibility index (Phi) is 4.88. The number of nitrogens with one attached hydrogen (secondary N) is 1. The molecule has 4 aromatic rings. The van der Waals surface area contributed by atoms with Crippen LogP contribution in [0.2, 0.25) is 5.02 Å². The van der Waals surface area contributed by atoms with Crippen LogP contribution in [0.1, 0.15) is 35.7 Å². The highest BCUT2D eigenvalue weighted by atomic mass is 35.5. The molecule has 0 unspecified atom stereocenters. The zero-order valence-electron chi connectivity index (χ0n) is 15.6. The fourth-order valence-electron chi connectivity index (χ4n) is 3.00. The lowest BCUT2D eigenvalue weighted by molar-refractivity contribution is 0.102. The van der Waals surface area contributed by atoms with Gasteiger partial charge in [0, 0.05) is 11.3 Å². The van der Waals surface area contributed by atoms with Crippen molar-refractivity contribution in [3.8, 4) is 11.5 Å². The minimum Gasteiger partial charge on any atom is -0.436 e. The lowest BCUT2D eigenvalue weighted by Gasteiger charge is -2.07. The summed E-state index contributed by atoms with van der Waals surface area (Å²) < 4.78 is 5.91. The fourth-order valence-corrected chi connectivity index (χ4v) is 3.22. The number of hydrogen-bond acceptors (Lipinski definition) is 3. The number of rotatable bonds is 4. The van der Waals surface area contributed by atoms with Gasteiger partial charge >= 0.3 is 0 Å². The minimum absolute atomic E-state index is 0.262. The average molecular weight is 391 g/mol. The number of oxazole rings is 1. The molecule has 0 spiro atoms. The van der Waals surface area contributed by atoms with E-state index in [0.717, 1.165) is 16.7 Å². The van der Waals surface area contributed by atoms with Gasteiger partial charge in [0.2, 0.25) is 5.89 Å². The number of hydrogen-bond donors (Lipinski definition) is 1. The predicted molar refractivity (Wildman–Crippen MR) is 113 cm³/mol. The van der Waals surface area contributed by atoms with E-state index in [1.807, 2.05) is 30.3 Å². The van der Waals surface area contributed by atoms with Gasteiger partial charge in [-0.2, -0.15) is 0 Å². The summed E-state index contributed by atoms with van der Waals surface area (Å²) in [6, 6.07) is 20.4. The first-order valence-electron chi connectivity index (χ1n) is 9.08. The maximum atomic E-state index is 12.5. The van der Waals surface area contributed by atoms with E-state index in [0.29, 0.717) is 28.1 Å². The van der Waals surface area contributed by atoms with E-state index in [1.54, 1.807) is 24.3 Å². The molecule has 0 saturated carbocycles. The third kappa shape index (κ3) is 3.64. The van der Waals surface area contributed by atoms with Crippen molar-refractivity contribution < 1.29 is 9.21 Å². The standard InChI is InChI=1S/C23H19ClN2O2/c1-14(2)15-10-11-21-20(13-15)26-23(28-21)16-6-5-7-17(12-16)25-22(27)18-8-3-4-9-19(18)24/h3-14H,1-2H3,(H,25,27). The Bertz CT molecular complexity index is 1160. The monoisotopic (exact) mass is 390 g/mol. The first kappa shape index (κ1) is 18.3. The lowest BCUT2D eigenvalue weighted by Crippen LogP contribution is -2.12.